The molecule has 0 aliphatic heterocycles. The number of ether oxygens (including phenoxy) is 2. The molecular formula is C23H24ClN3O3S. The van der Waals surface area contributed by atoms with Gasteiger partial charge in [0.1, 0.15) is 18.1 Å². The molecule has 0 aliphatic carbocycles. The van der Waals surface area contributed by atoms with Gasteiger partial charge in [-0.15, -0.1) is 0 Å². The van der Waals surface area contributed by atoms with Gasteiger partial charge in [0.25, 0.3) is 0 Å². The highest BCUT2D eigenvalue weighted by Crippen LogP contribution is 2.33. The first-order chi connectivity index (χ1) is 15.2. The normalized spacial score (nSPS) is 11.3. The summed E-state index contributed by atoms with van der Waals surface area (Å²) < 4.78 is 17.6. The highest BCUT2D eigenvalue weighted by Gasteiger charge is 2.16. The molecule has 0 fully saturated rings. The summed E-state index contributed by atoms with van der Waals surface area (Å²) in [5.41, 5.74) is 1.75. The molecule has 0 unspecified atom stereocenters. The van der Waals surface area contributed by atoms with Crippen LogP contribution < -0.4 is 4.74 Å². The first kappa shape index (κ1) is 21.7. The molecule has 2 aromatic heterocycles. The molecule has 4 rings (SSSR count). The minimum absolute atomic E-state index is 0.315. The number of aromatic nitrogens is 3. The van der Waals surface area contributed by atoms with Gasteiger partial charge >= 0.3 is 0 Å². The number of aryl methyl sites for hydroxylation is 1. The van der Waals surface area contributed by atoms with E-state index >= 15 is 0 Å². The molecule has 0 aliphatic rings. The van der Waals surface area contributed by atoms with Gasteiger partial charge in [-0.2, -0.15) is 5.10 Å². The van der Waals surface area contributed by atoms with Crippen LogP contribution >= 0.6 is 23.4 Å². The van der Waals surface area contributed by atoms with Gasteiger partial charge in [0.2, 0.25) is 0 Å². The second-order valence-electron chi connectivity index (χ2n) is 7.02. The number of oxazole rings is 1. The zero-order valence-electron chi connectivity index (χ0n) is 17.3. The molecule has 0 saturated heterocycles. The Labute approximate surface area is 190 Å². The van der Waals surface area contributed by atoms with Crippen LogP contribution in [-0.4, -0.2) is 28.4 Å². The summed E-state index contributed by atoms with van der Waals surface area (Å²) in [5.74, 6) is 1.45. The highest BCUT2D eigenvalue weighted by atomic mass is 35.5. The van der Waals surface area contributed by atoms with Crippen molar-refractivity contribution in [2.24, 2.45) is 0 Å². The molecule has 0 bridgehead atoms. The van der Waals surface area contributed by atoms with E-state index in [-0.39, 0.29) is 0 Å². The minimum atomic E-state index is 0.315. The lowest BCUT2D eigenvalue weighted by Gasteiger charge is -2.05. The summed E-state index contributed by atoms with van der Waals surface area (Å²) >= 11 is 7.53. The van der Waals surface area contributed by atoms with Crippen LogP contribution in [0.15, 0.2) is 63.1 Å². The third-order valence-corrected chi connectivity index (χ3v) is 5.81. The van der Waals surface area contributed by atoms with E-state index in [9.17, 15) is 0 Å². The molecule has 2 heterocycles. The summed E-state index contributed by atoms with van der Waals surface area (Å²) in [6, 6.07) is 13.5. The number of hydrogen-bond acceptors (Lipinski definition) is 6. The molecule has 0 radical (unpaired) electrons. The summed E-state index contributed by atoms with van der Waals surface area (Å²) in [6.07, 6.45) is 4.38. The fraction of sp³-hybridized carbons (Fsp3) is 0.304. The maximum absolute atomic E-state index is 6.07. The fourth-order valence-electron chi connectivity index (χ4n) is 3.01. The number of benzene rings is 2. The smallest absolute Gasteiger partial charge is 0.196 e. The maximum Gasteiger partial charge on any atom is 0.196 e. The van der Waals surface area contributed by atoms with Crippen molar-refractivity contribution in [1.29, 1.82) is 0 Å². The molecule has 6 nitrogen and oxygen atoms in total. The Morgan fingerprint density at radius 2 is 2.00 bits per heavy atom. The predicted molar refractivity (Wildman–Crippen MR) is 122 cm³/mol. The Kier molecular flexibility index (Phi) is 7.51. The van der Waals surface area contributed by atoms with Gasteiger partial charge in [0, 0.05) is 34.9 Å². The molecule has 0 saturated carbocycles. The Balaban J connectivity index is 1.46. The molecule has 2 aromatic carbocycles. The highest BCUT2D eigenvalue weighted by molar-refractivity contribution is 7.99. The Morgan fingerprint density at radius 1 is 1.13 bits per heavy atom. The number of H-pyrrole nitrogens is 1. The van der Waals surface area contributed by atoms with Crippen LogP contribution in [0.1, 0.15) is 31.4 Å². The molecule has 0 spiro atoms. The minimum Gasteiger partial charge on any atom is -0.487 e. The van der Waals surface area contributed by atoms with E-state index < -0.39 is 0 Å². The Hall–Kier alpha value is -2.48. The second kappa shape index (κ2) is 10.7. The van der Waals surface area contributed by atoms with Crippen LogP contribution in [0.2, 0.25) is 5.02 Å². The van der Waals surface area contributed by atoms with Gasteiger partial charge in [0.15, 0.2) is 11.0 Å². The summed E-state index contributed by atoms with van der Waals surface area (Å²) in [5, 5.41) is 9.42. The van der Waals surface area contributed by atoms with Gasteiger partial charge in [-0.1, -0.05) is 18.5 Å². The van der Waals surface area contributed by atoms with E-state index in [0.29, 0.717) is 24.1 Å². The van der Waals surface area contributed by atoms with Crippen LogP contribution in [0.4, 0.5) is 0 Å². The van der Waals surface area contributed by atoms with Crippen LogP contribution in [0.25, 0.3) is 10.9 Å². The molecule has 8 heteroatoms. The number of halogens is 1. The maximum atomic E-state index is 6.07. The van der Waals surface area contributed by atoms with Crippen LogP contribution in [0, 0.1) is 0 Å². The van der Waals surface area contributed by atoms with Crippen LogP contribution in [0.3, 0.4) is 0 Å². The molecular weight excluding hydrogens is 434 g/mol. The lowest BCUT2D eigenvalue weighted by Crippen LogP contribution is -1.99. The molecule has 4 aromatic rings. The number of rotatable bonds is 11. The topological polar surface area (TPSA) is 73.2 Å². The van der Waals surface area contributed by atoms with Crippen molar-refractivity contribution in [3.05, 3.63) is 65.3 Å². The molecule has 1 N–H and O–H groups in total. The van der Waals surface area contributed by atoms with E-state index in [4.69, 9.17) is 30.5 Å². The second-order valence-corrected chi connectivity index (χ2v) is 8.50. The van der Waals surface area contributed by atoms with Crippen LogP contribution in [0.5, 0.6) is 5.75 Å². The first-order valence-corrected chi connectivity index (χ1v) is 11.5. The average molecular weight is 458 g/mol. The van der Waals surface area contributed by atoms with Crippen LogP contribution in [-0.2, 0) is 17.8 Å². The van der Waals surface area contributed by atoms with Crippen molar-refractivity contribution in [3.8, 4) is 5.75 Å². The quantitative estimate of drug-likeness (QED) is 0.267. The van der Waals surface area contributed by atoms with Crippen molar-refractivity contribution in [1.82, 2.24) is 15.2 Å². The standard InChI is InChI=1S/C23H24ClN3O3S/c1-2-11-28-12-3-4-22-26-21(23(30-22)31-19-8-5-17(24)6-9-19)15-29-18-7-10-20-16(13-18)14-25-27-20/h5-10,13-14H,2-4,11-12,15H2,1H3,(H,25,27). The van der Waals surface area contributed by atoms with E-state index in [0.717, 1.165) is 58.2 Å². The number of nitrogens with one attached hydrogen (secondary N) is 1. The molecule has 0 amide bonds. The zero-order chi connectivity index (χ0) is 21.5. The Morgan fingerprint density at radius 3 is 2.84 bits per heavy atom. The molecule has 162 valence electrons. The SMILES string of the molecule is CCCOCCCc1nc(COc2ccc3[nH]ncc3c2)c(Sc2ccc(Cl)cc2)o1. The zero-order valence-corrected chi connectivity index (χ0v) is 18.8. The number of nitrogens with zero attached hydrogens (tertiary/aromatic N) is 2. The fourth-order valence-corrected chi connectivity index (χ4v) is 3.98. The largest absolute Gasteiger partial charge is 0.487 e. The predicted octanol–water partition coefficient (Wildman–Crippen LogP) is 6.29. The number of aromatic amines is 1. The summed E-state index contributed by atoms with van der Waals surface area (Å²) in [6.45, 7) is 3.90. The van der Waals surface area contributed by atoms with Gasteiger partial charge in [-0.3, -0.25) is 5.10 Å². The van der Waals surface area contributed by atoms with E-state index in [1.807, 2.05) is 42.5 Å². The molecule has 0 atom stereocenters. The van der Waals surface area contributed by atoms with Crippen molar-refractivity contribution in [3.63, 3.8) is 0 Å². The van der Waals surface area contributed by atoms with E-state index in [1.54, 1.807) is 6.20 Å². The lowest BCUT2D eigenvalue weighted by molar-refractivity contribution is 0.131. The monoisotopic (exact) mass is 457 g/mol. The van der Waals surface area contributed by atoms with Crippen molar-refractivity contribution >= 4 is 34.3 Å². The molecule has 31 heavy (non-hydrogen) atoms. The third kappa shape index (κ3) is 6.03. The van der Waals surface area contributed by atoms with Crippen molar-refractivity contribution < 1.29 is 13.9 Å². The number of hydrogen-bond donors (Lipinski definition) is 1. The van der Waals surface area contributed by atoms with Gasteiger partial charge in [-0.25, -0.2) is 4.98 Å². The van der Waals surface area contributed by atoms with Gasteiger partial charge < -0.3 is 13.9 Å². The van der Waals surface area contributed by atoms with Gasteiger partial charge in [-0.05, 0) is 67.1 Å². The van der Waals surface area contributed by atoms with E-state index in [2.05, 4.69) is 17.1 Å². The summed E-state index contributed by atoms with van der Waals surface area (Å²) in [7, 11) is 0. The van der Waals surface area contributed by atoms with Gasteiger partial charge in [0.05, 0.1) is 11.7 Å². The van der Waals surface area contributed by atoms with Crippen molar-refractivity contribution in [2.45, 2.75) is 42.8 Å². The first-order valence-electron chi connectivity index (χ1n) is 10.3. The lowest BCUT2D eigenvalue weighted by atomic mass is 10.2. The Bertz CT molecular complexity index is 1110. The summed E-state index contributed by atoms with van der Waals surface area (Å²) in [4.78, 5) is 5.72. The number of fused-ring (bicyclic) bond motifs is 1. The van der Waals surface area contributed by atoms with Crippen molar-refractivity contribution in [2.75, 3.05) is 13.2 Å². The van der Waals surface area contributed by atoms with E-state index in [1.165, 1.54) is 11.8 Å². The average Bonchev–Trinajstić information content (AvgIpc) is 3.40. The third-order valence-electron chi connectivity index (χ3n) is 4.54.